The van der Waals surface area contributed by atoms with E-state index in [1.165, 1.54) is 0 Å². The molecule has 0 spiro atoms. The van der Waals surface area contributed by atoms with Crippen LogP contribution in [-0.2, 0) is 6.54 Å². The van der Waals surface area contributed by atoms with Crippen LogP contribution in [0.15, 0.2) is 42.5 Å². The quantitative estimate of drug-likeness (QED) is 0.830. The first-order valence-electron chi connectivity index (χ1n) is 7.07. The molecule has 5 nitrogen and oxygen atoms in total. The Morgan fingerprint density at radius 2 is 1.91 bits per heavy atom. The van der Waals surface area contributed by atoms with Crippen molar-refractivity contribution in [1.29, 1.82) is 5.26 Å². The monoisotopic (exact) mass is 296 g/mol. The van der Waals surface area contributed by atoms with Crippen LogP contribution in [0.2, 0.25) is 0 Å². The van der Waals surface area contributed by atoms with E-state index in [1.807, 2.05) is 42.5 Å². The van der Waals surface area contributed by atoms with E-state index < -0.39 is 0 Å². The second-order valence-corrected chi connectivity index (χ2v) is 4.85. The average molecular weight is 296 g/mol. The van der Waals surface area contributed by atoms with Crippen molar-refractivity contribution in [3.05, 3.63) is 53.6 Å². The van der Waals surface area contributed by atoms with Crippen molar-refractivity contribution in [3.63, 3.8) is 0 Å². The number of fused-ring (bicyclic) bond motifs is 1. The molecule has 3 rings (SSSR count). The second kappa shape index (κ2) is 6.83. The fourth-order valence-electron chi connectivity index (χ4n) is 2.14. The van der Waals surface area contributed by atoms with E-state index in [0.717, 1.165) is 35.9 Å². The predicted molar refractivity (Wildman–Crippen MR) is 80.9 cm³/mol. The van der Waals surface area contributed by atoms with E-state index >= 15 is 0 Å². The number of benzene rings is 2. The van der Waals surface area contributed by atoms with Gasteiger partial charge in [-0.1, -0.05) is 12.1 Å². The zero-order chi connectivity index (χ0) is 15.2. The summed E-state index contributed by atoms with van der Waals surface area (Å²) < 4.78 is 16.2. The molecular formula is C17H16N2O3. The normalized spacial score (nSPS) is 12.0. The van der Waals surface area contributed by atoms with Crippen LogP contribution in [0.25, 0.3) is 0 Å². The van der Waals surface area contributed by atoms with Gasteiger partial charge in [-0.25, -0.2) is 0 Å². The minimum Gasteiger partial charge on any atom is -0.492 e. The number of nitrogens with one attached hydrogen (secondary N) is 1. The molecule has 0 fully saturated rings. The molecule has 1 N–H and O–H groups in total. The third-order valence-corrected chi connectivity index (χ3v) is 3.30. The van der Waals surface area contributed by atoms with Crippen molar-refractivity contribution < 1.29 is 14.2 Å². The maximum absolute atomic E-state index is 8.74. The van der Waals surface area contributed by atoms with E-state index in [-0.39, 0.29) is 6.79 Å². The summed E-state index contributed by atoms with van der Waals surface area (Å²) in [4.78, 5) is 0. The molecule has 1 aliphatic rings. The zero-order valence-corrected chi connectivity index (χ0v) is 12.0. The first-order valence-corrected chi connectivity index (χ1v) is 7.07. The van der Waals surface area contributed by atoms with Crippen LogP contribution in [0, 0.1) is 11.3 Å². The minimum atomic E-state index is 0.269. The lowest BCUT2D eigenvalue weighted by molar-refractivity contribution is 0.173. The fourth-order valence-corrected chi connectivity index (χ4v) is 2.14. The Bertz CT molecular complexity index is 677. The fraction of sp³-hybridized carbons (Fsp3) is 0.235. The molecule has 2 aromatic carbocycles. The number of nitriles is 1. The van der Waals surface area contributed by atoms with Gasteiger partial charge in [-0.2, -0.15) is 5.26 Å². The average Bonchev–Trinajstić information content (AvgIpc) is 3.03. The summed E-state index contributed by atoms with van der Waals surface area (Å²) in [6.45, 7) is 2.31. The van der Waals surface area contributed by atoms with E-state index in [0.29, 0.717) is 12.2 Å². The number of rotatable bonds is 6. The number of nitrogens with zero attached hydrogens (tertiary/aromatic N) is 1. The van der Waals surface area contributed by atoms with Gasteiger partial charge in [0, 0.05) is 19.2 Å². The minimum absolute atomic E-state index is 0.269. The van der Waals surface area contributed by atoms with Crippen molar-refractivity contribution in [2.24, 2.45) is 0 Å². The summed E-state index contributed by atoms with van der Waals surface area (Å²) in [5.41, 5.74) is 1.82. The largest absolute Gasteiger partial charge is 0.492 e. The molecule has 1 aliphatic heterocycles. The SMILES string of the molecule is N#Cc1ccc(CNCCOc2ccc3c(c2)OCO3)cc1. The molecule has 112 valence electrons. The van der Waals surface area contributed by atoms with Crippen LogP contribution in [0.5, 0.6) is 17.2 Å². The molecule has 1 heterocycles. The number of hydrogen-bond acceptors (Lipinski definition) is 5. The molecule has 0 saturated carbocycles. The van der Waals surface area contributed by atoms with E-state index in [1.54, 1.807) is 0 Å². The van der Waals surface area contributed by atoms with E-state index in [9.17, 15) is 0 Å². The van der Waals surface area contributed by atoms with Gasteiger partial charge in [0.1, 0.15) is 12.4 Å². The van der Waals surface area contributed by atoms with Gasteiger partial charge >= 0.3 is 0 Å². The van der Waals surface area contributed by atoms with Crippen molar-refractivity contribution in [2.75, 3.05) is 19.9 Å². The molecule has 5 heteroatoms. The van der Waals surface area contributed by atoms with E-state index in [4.69, 9.17) is 19.5 Å². The van der Waals surface area contributed by atoms with E-state index in [2.05, 4.69) is 11.4 Å². The maximum Gasteiger partial charge on any atom is 0.231 e. The lowest BCUT2D eigenvalue weighted by Gasteiger charge is -2.08. The second-order valence-electron chi connectivity index (χ2n) is 4.85. The van der Waals surface area contributed by atoms with Gasteiger partial charge in [0.15, 0.2) is 11.5 Å². The van der Waals surface area contributed by atoms with Crippen LogP contribution < -0.4 is 19.5 Å². The summed E-state index contributed by atoms with van der Waals surface area (Å²) in [5, 5.41) is 12.0. The van der Waals surface area contributed by atoms with Gasteiger partial charge in [0.25, 0.3) is 0 Å². The Morgan fingerprint density at radius 3 is 2.73 bits per heavy atom. The molecule has 0 unspecified atom stereocenters. The van der Waals surface area contributed by atoms with Crippen LogP contribution in [0.3, 0.4) is 0 Å². The molecule has 2 aromatic rings. The van der Waals surface area contributed by atoms with Crippen molar-refractivity contribution in [3.8, 4) is 23.3 Å². The highest BCUT2D eigenvalue weighted by atomic mass is 16.7. The summed E-state index contributed by atoms with van der Waals surface area (Å²) in [5.74, 6) is 2.25. The molecule has 0 aliphatic carbocycles. The van der Waals surface area contributed by atoms with Crippen LogP contribution in [0.4, 0.5) is 0 Å². The first-order chi connectivity index (χ1) is 10.8. The molecule has 0 bridgehead atoms. The van der Waals surface area contributed by atoms with Gasteiger partial charge in [-0.3, -0.25) is 0 Å². The number of ether oxygens (including phenoxy) is 3. The molecule has 0 amide bonds. The molecule has 0 radical (unpaired) electrons. The molecule has 22 heavy (non-hydrogen) atoms. The highest BCUT2D eigenvalue weighted by Gasteiger charge is 2.13. The highest BCUT2D eigenvalue weighted by Crippen LogP contribution is 2.34. The zero-order valence-electron chi connectivity index (χ0n) is 12.0. The summed E-state index contributed by atoms with van der Waals surface area (Å²) in [6, 6.07) is 15.2. The van der Waals surface area contributed by atoms with Gasteiger partial charge < -0.3 is 19.5 Å². The Balaban J connectivity index is 1.39. The van der Waals surface area contributed by atoms with Crippen molar-refractivity contribution in [1.82, 2.24) is 5.32 Å². The predicted octanol–water partition coefficient (Wildman–Crippen LogP) is 2.46. The van der Waals surface area contributed by atoms with Crippen molar-refractivity contribution >= 4 is 0 Å². The summed E-state index contributed by atoms with van der Waals surface area (Å²) >= 11 is 0. The molecular weight excluding hydrogens is 280 g/mol. The Hall–Kier alpha value is -2.71. The molecule has 0 aromatic heterocycles. The van der Waals surface area contributed by atoms with Gasteiger partial charge in [-0.15, -0.1) is 0 Å². The van der Waals surface area contributed by atoms with Crippen LogP contribution in [-0.4, -0.2) is 19.9 Å². The lowest BCUT2D eigenvalue weighted by atomic mass is 10.1. The lowest BCUT2D eigenvalue weighted by Crippen LogP contribution is -2.20. The highest BCUT2D eigenvalue weighted by molar-refractivity contribution is 5.46. The van der Waals surface area contributed by atoms with Gasteiger partial charge in [-0.05, 0) is 29.8 Å². The Morgan fingerprint density at radius 1 is 1.09 bits per heavy atom. The molecule has 0 atom stereocenters. The Labute approximate surface area is 129 Å². The maximum atomic E-state index is 8.74. The summed E-state index contributed by atoms with van der Waals surface area (Å²) in [7, 11) is 0. The van der Waals surface area contributed by atoms with Crippen LogP contribution >= 0.6 is 0 Å². The third-order valence-electron chi connectivity index (χ3n) is 3.30. The topological polar surface area (TPSA) is 63.5 Å². The third kappa shape index (κ3) is 3.48. The smallest absolute Gasteiger partial charge is 0.231 e. The van der Waals surface area contributed by atoms with Gasteiger partial charge in [0.2, 0.25) is 6.79 Å². The number of hydrogen-bond donors (Lipinski definition) is 1. The molecule has 0 saturated heterocycles. The van der Waals surface area contributed by atoms with Crippen LogP contribution in [0.1, 0.15) is 11.1 Å². The summed E-state index contributed by atoms with van der Waals surface area (Å²) in [6.07, 6.45) is 0. The van der Waals surface area contributed by atoms with Gasteiger partial charge in [0.05, 0.1) is 11.6 Å². The van der Waals surface area contributed by atoms with Crippen molar-refractivity contribution in [2.45, 2.75) is 6.54 Å². The first kappa shape index (κ1) is 14.2. The standard InChI is InChI=1S/C17H16N2O3/c18-10-13-1-3-14(4-2-13)11-19-7-8-20-15-5-6-16-17(9-15)22-12-21-16/h1-6,9,19H,7-8,11-12H2. The Kier molecular flexibility index (Phi) is 4.42.